The Kier molecular flexibility index (Phi) is 2.62. The van der Waals surface area contributed by atoms with Crippen molar-refractivity contribution >= 4 is 16.5 Å². The van der Waals surface area contributed by atoms with Crippen LogP contribution in [0, 0.1) is 0 Å². The highest BCUT2D eigenvalue weighted by molar-refractivity contribution is 5.86. The monoisotopic (exact) mass is 269 g/mol. The Balaban J connectivity index is 1.81. The number of anilines is 1. The Morgan fingerprint density at radius 3 is 3.00 bits per heavy atom. The Morgan fingerprint density at radius 2 is 2.10 bits per heavy atom. The van der Waals surface area contributed by atoms with Gasteiger partial charge in [-0.05, 0) is 42.4 Å². The minimum Gasteiger partial charge on any atom is -0.387 e. The minimum atomic E-state index is -0.328. The average molecular weight is 269 g/mol. The molecule has 4 nitrogen and oxygen atoms in total. The molecule has 2 heterocycles. The summed E-state index contributed by atoms with van der Waals surface area (Å²) in [4.78, 5) is 3.14. The van der Waals surface area contributed by atoms with Crippen LogP contribution in [0.15, 0.2) is 41.9 Å². The fraction of sp³-hybridized carbons (Fsp3) is 0.375. The summed E-state index contributed by atoms with van der Waals surface area (Å²) in [5.41, 5.74) is 3.62. The van der Waals surface area contributed by atoms with Gasteiger partial charge in [-0.3, -0.25) is 5.01 Å². The molecule has 0 spiro atoms. The van der Waals surface area contributed by atoms with Crippen molar-refractivity contribution in [3.05, 3.63) is 41.9 Å². The molecule has 4 rings (SSSR count). The second-order valence-electron chi connectivity index (χ2n) is 5.79. The van der Waals surface area contributed by atoms with Crippen LogP contribution >= 0.6 is 0 Å². The van der Waals surface area contributed by atoms with Crippen molar-refractivity contribution in [1.29, 1.82) is 0 Å². The Bertz CT molecular complexity index is 688. The first-order valence-corrected chi connectivity index (χ1v) is 7.22. The predicted molar refractivity (Wildman–Crippen MR) is 80.3 cm³/mol. The summed E-state index contributed by atoms with van der Waals surface area (Å²) in [7, 11) is 2.09. The molecule has 1 atom stereocenters. The van der Waals surface area contributed by atoms with Gasteiger partial charge in [-0.1, -0.05) is 6.07 Å². The summed E-state index contributed by atoms with van der Waals surface area (Å²) >= 11 is 0. The fourth-order valence-electron chi connectivity index (χ4n) is 3.50. The number of aliphatic hydroxyl groups is 1. The molecule has 1 unspecified atom stereocenters. The molecular weight excluding hydrogens is 250 g/mol. The maximum atomic E-state index is 10.4. The molecular formula is C16H19N3O. The van der Waals surface area contributed by atoms with Gasteiger partial charge in [0, 0.05) is 31.4 Å². The van der Waals surface area contributed by atoms with Crippen LogP contribution in [0.25, 0.3) is 10.8 Å². The largest absolute Gasteiger partial charge is 0.387 e. The van der Waals surface area contributed by atoms with E-state index in [0.717, 1.165) is 37.2 Å². The molecule has 0 saturated heterocycles. The third kappa shape index (κ3) is 1.69. The Labute approximate surface area is 118 Å². The summed E-state index contributed by atoms with van der Waals surface area (Å²) in [5.74, 6) is 0. The third-order valence-electron chi connectivity index (χ3n) is 4.42. The number of aromatic nitrogens is 1. The summed E-state index contributed by atoms with van der Waals surface area (Å²) in [6, 6.07) is 6.44. The number of fused-ring (bicyclic) bond motifs is 1. The van der Waals surface area contributed by atoms with Gasteiger partial charge >= 0.3 is 0 Å². The van der Waals surface area contributed by atoms with Gasteiger partial charge in [0.25, 0.3) is 0 Å². The zero-order chi connectivity index (χ0) is 13.7. The normalized spacial score (nSPS) is 23.7. The van der Waals surface area contributed by atoms with Crippen molar-refractivity contribution in [1.82, 2.24) is 9.99 Å². The van der Waals surface area contributed by atoms with Gasteiger partial charge in [0.05, 0.1) is 17.5 Å². The van der Waals surface area contributed by atoms with Crippen LogP contribution < -0.4 is 5.01 Å². The van der Waals surface area contributed by atoms with Gasteiger partial charge in [0.1, 0.15) is 0 Å². The van der Waals surface area contributed by atoms with E-state index in [4.69, 9.17) is 0 Å². The van der Waals surface area contributed by atoms with E-state index in [0.29, 0.717) is 0 Å². The van der Waals surface area contributed by atoms with Crippen molar-refractivity contribution in [2.75, 3.05) is 18.6 Å². The molecule has 0 saturated carbocycles. The molecule has 0 fully saturated rings. The number of nitrogens with zero attached hydrogens (tertiary/aromatic N) is 2. The van der Waals surface area contributed by atoms with Gasteiger partial charge in [-0.25, -0.2) is 5.01 Å². The summed E-state index contributed by atoms with van der Waals surface area (Å²) < 4.78 is 0. The van der Waals surface area contributed by atoms with E-state index < -0.39 is 0 Å². The van der Waals surface area contributed by atoms with Gasteiger partial charge in [0.15, 0.2) is 0 Å². The lowest BCUT2D eigenvalue weighted by Crippen LogP contribution is -2.37. The van der Waals surface area contributed by atoms with E-state index in [1.165, 1.54) is 16.3 Å². The number of likely N-dealkylation sites (N-methyl/N-ethyl adjacent to an activating group) is 1. The number of benzene rings is 1. The van der Waals surface area contributed by atoms with Crippen LogP contribution in [0.3, 0.4) is 0 Å². The zero-order valence-electron chi connectivity index (χ0n) is 11.6. The van der Waals surface area contributed by atoms with Gasteiger partial charge in [-0.2, -0.15) is 0 Å². The molecule has 0 bridgehead atoms. The lowest BCUT2D eigenvalue weighted by Gasteiger charge is -2.32. The molecule has 20 heavy (non-hydrogen) atoms. The molecule has 4 heteroatoms. The smallest absolute Gasteiger partial charge is 0.0955 e. The van der Waals surface area contributed by atoms with Crippen molar-refractivity contribution in [2.45, 2.75) is 25.4 Å². The van der Waals surface area contributed by atoms with Crippen molar-refractivity contribution in [3.8, 4) is 0 Å². The first-order chi connectivity index (χ1) is 9.74. The van der Waals surface area contributed by atoms with E-state index in [1.54, 1.807) is 0 Å². The van der Waals surface area contributed by atoms with E-state index in [1.807, 2.05) is 12.4 Å². The van der Waals surface area contributed by atoms with Crippen molar-refractivity contribution < 1.29 is 5.11 Å². The molecule has 1 aromatic heterocycles. The molecule has 2 aliphatic rings. The molecule has 1 aromatic carbocycles. The maximum Gasteiger partial charge on any atom is 0.0955 e. The van der Waals surface area contributed by atoms with Crippen LogP contribution in [0.5, 0.6) is 0 Å². The van der Waals surface area contributed by atoms with Crippen LogP contribution in [0.4, 0.5) is 5.69 Å². The highest BCUT2D eigenvalue weighted by atomic mass is 16.3. The number of aromatic amines is 1. The number of hydrogen-bond acceptors (Lipinski definition) is 3. The molecule has 0 radical (unpaired) electrons. The molecule has 0 amide bonds. The highest BCUT2D eigenvalue weighted by Crippen LogP contribution is 2.38. The second kappa shape index (κ2) is 4.36. The zero-order valence-corrected chi connectivity index (χ0v) is 11.6. The van der Waals surface area contributed by atoms with E-state index in [-0.39, 0.29) is 6.10 Å². The van der Waals surface area contributed by atoms with E-state index in [2.05, 4.69) is 40.2 Å². The standard InChI is InChI=1S/C16H19N3O/c1-18-10-12-3-2-4-15(20)16(12)19(18)14-6-5-11-8-17-9-13(11)7-14/h5-9,15,17,20H,2-4,10H2,1H3. The van der Waals surface area contributed by atoms with Crippen molar-refractivity contribution in [2.24, 2.45) is 0 Å². The molecule has 1 aliphatic carbocycles. The molecule has 2 aromatic rings. The Hall–Kier alpha value is -1.78. The third-order valence-corrected chi connectivity index (χ3v) is 4.42. The first-order valence-electron chi connectivity index (χ1n) is 7.22. The number of H-pyrrole nitrogens is 1. The molecule has 104 valence electrons. The number of rotatable bonds is 1. The molecule has 2 N–H and O–H groups in total. The summed E-state index contributed by atoms with van der Waals surface area (Å²) in [5, 5.41) is 17.2. The quantitative estimate of drug-likeness (QED) is 0.836. The predicted octanol–water partition coefficient (Wildman–Crippen LogP) is 2.63. The topological polar surface area (TPSA) is 42.5 Å². The van der Waals surface area contributed by atoms with E-state index in [9.17, 15) is 5.11 Å². The number of nitrogens with one attached hydrogen (secondary N) is 1. The van der Waals surface area contributed by atoms with Gasteiger partial charge in [-0.15, -0.1) is 0 Å². The number of aliphatic hydroxyl groups excluding tert-OH is 1. The minimum absolute atomic E-state index is 0.328. The van der Waals surface area contributed by atoms with Crippen LogP contribution in [-0.2, 0) is 0 Å². The van der Waals surface area contributed by atoms with Crippen LogP contribution in [0.1, 0.15) is 19.3 Å². The first kappa shape index (κ1) is 12.0. The van der Waals surface area contributed by atoms with E-state index >= 15 is 0 Å². The number of hydrogen-bond donors (Lipinski definition) is 2. The number of hydrazine groups is 1. The van der Waals surface area contributed by atoms with Crippen molar-refractivity contribution in [3.63, 3.8) is 0 Å². The second-order valence-corrected chi connectivity index (χ2v) is 5.79. The van der Waals surface area contributed by atoms with Crippen LogP contribution in [-0.4, -0.2) is 34.8 Å². The fourth-order valence-corrected chi connectivity index (χ4v) is 3.50. The van der Waals surface area contributed by atoms with Gasteiger partial charge in [0.2, 0.25) is 0 Å². The highest BCUT2D eigenvalue weighted by Gasteiger charge is 2.34. The summed E-state index contributed by atoms with van der Waals surface area (Å²) in [6.45, 7) is 0.928. The SMILES string of the molecule is CN1CC2=C(C(O)CCC2)N1c1ccc2c[nH]cc2c1. The molecule has 1 aliphatic heterocycles. The van der Waals surface area contributed by atoms with Gasteiger partial charge < -0.3 is 10.1 Å². The van der Waals surface area contributed by atoms with Crippen LogP contribution in [0.2, 0.25) is 0 Å². The summed E-state index contributed by atoms with van der Waals surface area (Å²) in [6.07, 6.45) is 6.77. The lowest BCUT2D eigenvalue weighted by molar-refractivity contribution is 0.182. The Morgan fingerprint density at radius 1 is 1.25 bits per heavy atom. The maximum absolute atomic E-state index is 10.4. The lowest BCUT2D eigenvalue weighted by atomic mass is 9.94. The average Bonchev–Trinajstić information content (AvgIpc) is 3.01.